The van der Waals surface area contributed by atoms with Crippen molar-refractivity contribution in [3.8, 4) is 11.5 Å². The number of nitrogens with zero attached hydrogens (tertiary/aromatic N) is 1. The van der Waals surface area contributed by atoms with Crippen molar-refractivity contribution in [3.05, 3.63) is 78.2 Å². The van der Waals surface area contributed by atoms with Crippen LogP contribution in [0.2, 0.25) is 0 Å². The highest BCUT2D eigenvalue weighted by Gasteiger charge is 2.18. The van der Waals surface area contributed by atoms with Crippen molar-refractivity contribution in [3.63, 3.8) is 0 Å². The molecule has 0 fully saturated rings. The van der Waals surface area contributed by atoms with Gasteiger partial charge in [0.2, 0.25) is 0 Å². The van der Waals surface area contributed by atoms with Crippen LogP contribution in [0, 0.1) is 0 Å². The minimum Gasteiger partial charge on any atom is -0.493 e. The number of allylic oxidation sites excluding steroid dienone is 1. The average molecular weight is 381 g/mol. The number of hydrogen-bond acceptors (Lipinski definition) is 5. The van der Waals surface area contributed by atoms with Crippen molar-refractivity contribution in [2.75, 3.05) is 13.7 Å². The van der Waals surface area contributed by atoms with Gasteiger partial charge in [0.15, 0.2) is 18.1 Å². The molecule has 0 saturated carbocycles. The molecule has 0 saturated heterocycles. The van der Waals surface area contributed by atoms with Crippen molar-refractivity contribution < 1.29 is 23.1 Å². The highest BCUT2D eigenvalue weighted by molar-refractivity contribution is 5.77. The molecule has 1 aromatic carbocycles. The molecule has 0 aliphatic carbocycles. The number of benzene rings is 1. The van der Waals surface area contributed by atoms with E-state index in [0.717, 1.165) is 5.56 Å². The van der Waals surface area contributed by atoms with Crippen molar-refractivity contribution in [2.45, 2.75) is 20.0 Å². The third kappa shape index (κ3) is 5.07. The van der Waals surface area contributed by atoms with E-state index in [-0.39, 0.29) is 12.5 Å². The standard InChI is InChI=1S/C22H23NO5/c1-3-6-17-9-10-20(21(13-17)25-2)28-16-22(24)23(14-18-7-4-11-26-18)15-19-8-5-12-27-19/h3-13H,14-16H2,1-2H3/b6-3+. The number of ether oxygens (including phenoxy) is 2. The van der Waals surface area contributed by atoms with Gasteiger partial charge in [0.25, 0.3) is 5.91 Å². The molecule has 0 spiro atoms. The molecule has 3 rings (SSSR count). The van der Waals surface area contributed by atoms with E-state index >= 15 is 0 Å². The van der Waals surface area contributed by atoms with Crippen molar-refractivity contribution in [1.82, 2.24) is 4.90 Å². The lowest BCUT2D eigenvalue weighted by atomic mass is 10.2. The normalized spacial score (nSPS) is 10.9. The summed E-state index contributed by atoms with van der Waals surface area (Å²) in [6.07, 6.45) is 7.07. The predicted molar refractivity (Wildman–Crippen MR) is 105 cm³/mol. The summed E-state index contributed by atoms with van der Waals surface area (Å²) < 4.78 is 21.9. The molecule has 0 radical (unpaired) electrons. The quantitative estimate of drug-likeness (QED) is 0.545. The van der Waals surface area contributed by atoms with Crippen molar-refractivity contribution >= 4 is 12.0 Å². The van der Waals surface area contributed by atoms with Crippen LogP contribution in [-0.2, 0) is 17.9 Å². The van der Waals surface area contributed by atoms with E-state index in [9.17, 15) is 4.79 Å². The Morgan fingerprint density at radius 3 is 2.25 bits per heavy atom. The summed E-state index contributed by atoms with van der Waals surface area (Å²) in [6.45, 7) is 2.48. The molecule has 3 aromatic rings. The Labute approximate surface area is 164 Å². The van der Waals surface area contributed by atoms with Gasteiger partial charge in [-0.3, -0.25) is 4.79 Å². The van der Waals surface area contributed by atoms with E-state index in [1.807, 2.05) is 43.3 Å². The Hall–Kier alpha value is -3.41. The van der Waals surface area contributed by atoms with Gasteiger partial charge >= 0.3 is 0 Å². The lowest BCUT2D eigenvalue weighted by Gasteiger charge is -2.21. The number of hydrogen-bond donors (Lipinski definition) is 0. The number of amides is 1. The number of carbonyl (C=O) groups excluding carboxylic acids is 1. The van der Waals surface area contributed by atoms with E-state index in [2.05, 4.69) is 0 Å². The predicted octanol–water partition coefficient (Wildman–Crippen LogP) is 4.52. The first kappa shape index (κ1) is 19.4. The van der Waals surface area contributed by atoms with E-state index in [0.29, 0.717) is 36.1 Å². The minimum atomic E-state index is -0.188. The van der Waals surface area contributed by atoms with Crippen molar-refractivity contribution in [2.24, 2.45) is 0 Å². The molecule has 0 unspecified atom stereocenters. The van der Waals surface area contributed by atoms with Gasteiger partial charge in [-0.15, -0.1) is 0 Å². The molecular weight excluding hydrogens is 358 g/mol. The molecular formula is C22H23NO5. The van der Waals surface area contributed by atoms with Gasteiger partial charge in [0.05, 0.1) is 32.7 Å². The Morgan fingerprint density at radius 2 is 1.71 bits per heavy atom. The molecule has 1 amide bonds. The van der Waals surface area contributed by atoms with Crippen LogP contribution in [-0.4, -0.2) is 24.5 Å². The monoisotopic (exact) mass is 381 g/mol. The van der Waals surface area contributed by atoms with Crippen LogP contribution >= 0.6 is 0 Å². The van der Waals surface area contributed by atoms with E-state index < -0.39 is 0 Å². The lowest BCUT2D eigenvalue weighted by Crippen LogP contribution is -2.33. The Kier molecular flexibility index (Phi) is 6.57. The molecule has 0 aliphatic rings. The van der Waals surface area contributed by atoms with Gasteiger partial charge in [-0.05, 0) is 48.9 Å². The van der Waals surface area contributed by atoms with Crippen LogP contribution in [0.15, 0.2) is 69.9 Å². The van der Waals surface area contributed by atoms with Gasteiger partial charge in [-0.25, -0.2) is 0 Å². The maximum absolute atomic E-state index is 12.8. The van der Waals surface area contributed by atoms with Crippen LogP contribution in [0.4, 0.5) is 0 Å². The molecule has 0 aliphatic heterocycles. The maximum atomic E-state index is 12.8. The summed E-state index contributed by atoms with van der Waals surface area (Å²) in [5.41, 5.74) is 0.996. The van der Waals surface area contributed by atoms with Crippen LogP contribution in [0.25, 0.3) is 6.08 Å². The lowest BCUT2D eigenvalue weighted by molar-refractivity contribution is -0.135. The summed E-state index contributed by atoms with van der Waals surface area (Å²) in [7, 11) is 1.57. The zero-order valence-corrected chi connectivity index (χ0v) is 16.0. The van der Waals surface area contributed by atoms with Crippen molar-refractivity contribution in [1.29, 1.82) is 0 Å². The summed E-state index contributed by atoms with van der Waals surface area (Å²) in [5.74, 6) is 2.28. The zero-order valence-electron chi connectivity index (χ0n) is 16.0. The third-order valence-electron chi connectivity index (χ3n) is 4.10. The van der Waals surface area contributed by atoms with Crippen LogP contribution in [0.3, 0.4) is 0 Å². The van der Waals surface area contributed by atoms with Gasteiger partial charge in [-0.2, -0.15) is 0 Å². The minimum absolute atomic E-state index is 0.124. The van der Waals surface area contributed by atoms with E-state index in [1.54, 1.807) is 42.7 Å². The average Bonchev–Trinajstić information content (AvgIpc) is 3.40. The fourth-order valence-electron chi connectivity index (χ4n) is 2.74. The number of furan rings is 2. The van der Waals surface area contributed by atoms with Gasteiger partial charge in [0.1, 0.15) is 11.5 Å². The second-order valence-electron chi connectivity index (χ2n) is 6.11. The summed E-state index contributed by atoms with van der Waals surface area (Å²) in [5, 5.41) is 0. The fraction of sp³-hybridized carbons (Fsp3) is 0.227. The molecule has 0 atom stereocenters. The molecule has 6 heteroatoms. The van der Waals surface area contributed by atoms with E-state index in [1.165, 1.54) is 0 Å². The smallest absolute Gasteiger partial charge is 0.261 e. The number of carbonyl (C=O) groups is 1. The summed E-state index contributed by atoms with van der Waals surface area (Å²) in [6, 6.07) is 12.8. The third-order valence-corrected chi connectivity index (χ3v) is 4.10. The SMILES string of the molecule is C/C=C/c1ccc(OCC(=O)N(Cc2ccco2)Cc2ccco2)c(OC)c1. The largest absolute Gasteiger partial charge is 0.493 e. The molecule has 2 heterocycles. The maximum Gasteiger partial charge on any atom is 0.261 e. The summed E-state index contributed by atoms with van der Waals surface area (Å²) in [4.78, 5) is 14.4. The Bertz CT molecular complexity index is 861. The summed E-state index contributed by atoms with van der Waals surface area (Å²) >= 11 is 0. The molecule has 2 aromatic heterocycles. The highest BCUT2D eigenvalue weighted by atomic mass is 16.5. The highest BCUT2D eigenvalue weighted by Crippen LogP contribution is 2.28. The number of rotatable bonds is 9. The molecule has 28 heavy (non-hydrogen) atoms. The Balaban J connectivity index is 1.69. The van der Waals surface area contributed by atoms with Crippen LogP contribution in [0.1, 0.15) is 24.0 Å². The second-order valence-corrected chi connectivity index (χ2v) is 6.11. The molecule has 6 nitrogen and oxygen atoms in total. The van der Waals surface area contributed by atoms with E-state index in [4.69, 9.17) is 18.3 Å². The van der Waals surface area contributed by atoms with Gasteiger partial charge in [0, 0.05) is 0 Å². The first-order valence-electron chi connectivity index (χ1n) is 8.95. The van der Waals surface area contributed by atoms with Crippen LogP contribution in [0.5, 0.6) is 11.5 Å². The first-order valence-corrected chi connectivity index (χ1v) is 8.95. The second kappa shape index (κ2) is 9.50. The molecule has 0 bridgehead atoms. The van der Waals surface area contributed by atoms with Crippen LogP contribution < -0.4 is 9.47 Å². The Morgan fingerprint density at radius 1 is 1.04 bits per heavy atom. The first-order chi connectivity index (χ1) is 13.7. The van der Waals surface area contributed by atoms with Gasteiger partial charge in [-0.1, -0.05) is 18.2 Å². The zero-order chi connectivity index (χ0) is 19.8. The fourth-order valence-corrected chi connectivity index (χ4v) is 2.74. The molecule has 146 valence electrons. The number of methoxy groups -OCH3 is 1. The topological polar surface area (TPSA) is 65.0 Å². The van der Waals surface area contributed by atoms with Gasteiger partial charge < -0.3 is 23.2 Å². The molecule has 0 N–H and O–H groups in total.